The van der Waals surface area contributed by atoms with E-state index in [1.54, 1.807) is 24.3 Å². The van der Waals surface area contributed by atoms with Crippen molar-refractivity contribution in [3.63, 3.8) is 0 Å². The summed E-state index contributed by atoms with van der Waals surface area (Å²) in [6.45, 7) is -0.351. The maximum atomic E-state index is 12.6. The van der Waals surface area contributed by atoms with Gasteiger partial charge in [-0.1, -0.05) is 91.0 Å². The second kappa shape index (κ2) is 14.0. The molecule has 0 heterocycles. The van der Waals surface area contributed by atoms with Crippen molar-refractivity contribution in [2.75, 3.05) is 13.2 Å². The molecule has 8 nitrogen and oxygen atoms in total. The van der Waals surface area contributed by atoms with Crippen LogP contribution >= 0.6 is 0 Å². The number of nitrogens with one attached hydrogen (secondary N) is 1. The summed E-state index contributed by atoms with van der Waals surface area (Å²) in [7, 11) is 0. The lowest BCUT2D eigenvalue weighted by atomic mass is 10.2. The molecule has 0 aromatic heterocycles. The third-order valence-corrected chi connectivity index (χ3v) is 4.83. The van der Waals surface area contributed by atoms with E-state index < -0.39 is 30.9 Å². The van der Waals surface area contributed by atoms with Crippen LogP contribution in [0.15, 0.2) is 91.0 Å². The smallest absolute Gasteiger partial charge is 0.459 e. The predicted octanol–water partition coefficient (Wildman–Crippen LogP) is 4.42. The van der Waals surface area contributed by atoms with Gasteiger partial charge in [0.1, 0.15) is 19.8 Å². The van der Waals surface area contributed by atoms with Gasteiger partial charge in [-0.3, -0.25) is 0 Å². The lowest BCUT2D eigenvalue weighted by Crippen LogP contribution is -2.45. The van der Waals surface area contributed by atoms with Crippen LogP contribution in [0, 0.1) is 0 Å². The molecule has 0 fully saturated rings. The summed E-state index contributed by atoms with van der Waals surface area (Å²) in [5.41, 5.74) is 2.56. The van der Waals surface area contributed by atoms with Crippen molar-refractivity contribution in [2.24, 2.45) is 0 Å². The summed E-state index contributed by atoms with van der Waals surface area (Å²) in [4.78, 5) is 36.9. The number of rotatable bonds is 11. The van der Waals surface area contributed by atoms with Gasteiger partial charge in [0.05, 0.1) is 6.61 Å². The molecule has 1 unspecified atom stereocenters. The quantitative estimate of drug-likeness (QED) is 0.322. The largest absolute Gasteiger partial charge is 0.508 e. The molecule has 0 spiro atoms. The van der Waals surface area contributed by atoms with Crippen molar-refractivity contribution >= 4 is 18.2 Å². The lowest BCUT2D eigenvalue weighted by Gasteiger charge is -2.17. The number of hydrogen-bond acceptors (Lipinski definition) is 7. The Labute approximate surface area is 203 Å². The zero-order chi connectivity index (χ0) is 24.7. The average molecular weight is 478 g/mol. The van der Waals surface area contributed by atoms with E-state index in [0.717, 1.165) is 16.7 Å². The zero-order valence-electron chi connectivity index (χ0n) is 19.1. The Balaban J connectivity index is 1.49. The van der Waals surface area contributed by atoms with Crippen molar-refractivity contribution in [1.29, 1.82) is 0 Å². The van der Waals surface area contributed by atoms with E-state index in [4.69, 9.17) is 18.9 Å². The molecule has 0 aliphatic carbocycles. The molecule has 0 aliphatic heterocycles. The molecule has 3 aromatic rings. The molecule has 3 rings (SSSR count). The molecule has 0 saturated heterocycles. The summed E-state index contributed by atoms with van der Waals surface area (Å²) in [5.74, 6) is -0.775. The first-order valence-electron chi connectivity index (χ1n) is 11.1. The Morgan fingerprint density at radius 3 is 1.71 bits per heavy atom. The topological polar surface area (TPSA) is 100 Å². The second-order valence-corrected chi connectivity index (χ2v) is 7.50. The number of benzene rings is 3. The third kappa shape index (κ3) is 9.59. The maximum absolute atomic E-state index is 12.6. The van der Waals surface area contributed by atoms with E-state index in [1.165, 1.54) is 0 Å². The Morgan fingerprint density at radius 1 is 0.629 bits per heavy atom. The van der Waals surface area contributed by atoms with Crippen LogP contribution in [-0.2, 0) is 43.4 Å². The van der Waals surface area contributed by atoms with Crippen LogP contribution in [0.2, 0.25) is 0 Å². The minimum absolute atomic E-state index is 0.00155. The van der Waals surface area contributed by atoms with Gasteiger partial charge in [-0.2, -0.15) is 0 Å². The minimum atomic E-state index is -1.27. The molecule has 1 N–H and O–H groups in total. The summed E-state index contributed by atoms with van der Waals surface area (Å²) in [6, 6.07) is 26.4. The SMILES string of the molecule is O=C(NC(COC(=O)OCCc1ccccc1)C(=O)OCc1ccccc1)OCc1ccccc1. The summed E-state index contributed by atoms with van der Waals surface area (Å²) >= 11 is 0. The highest BCUT2D eigenvalue weighted by molar-refractivity contribution is 5.81. The molecule has 0 aliphatic rings. The van der Waals surface area contributed by atoms with Crippen molar-refractivity contribution in [3.05, 3.63) is 108 Å². The maximum Gasteiger partial charge on any atom is 0.508 e. The molecule has 3 aromatic carbocycles. The number of alkyl carbamates (subject to hydrolysis) is 1. The van der Waals surface area contributed by atoms with Gasteiger partial charge in [-0.05, 0) is 16.7 Å². The van der Waals surface area contributed by atoms with Crippen LogP contribution in [0.1, 0.15) is 16.7 Å². The van der Waals surface area contributed by atoms with E-state index in [9.17, 15) is 14.4 Å². The molecular formula is C27H27NO7. The molecule has 1 amide bonds. The minimum Gasteiger partial charge on any atom is -0.459 e. The first-order chi connectivity index (χ1) is 17.1. The number of amides is 1. The van der Waals surface area contributed by atoms with Crippen LogP contribution in [0.5, 0.6) is 0 Å². The summed E-state index contributed by atoms with van der Waals surface area (Å²) < 4.78 is 20.6. The van der Waals surface area contributed by atoms with Crippen molar-refractivity contribution < 1.29 is 33.3 Å². The second-order valence-electron chi connectivity index (χ2n) is 7.50. The highest BCUT2D eigenvalue weighted by Gasteiger charge is 2.25. The fourth-order valence-electron chi connectivity index (χ4n) is 2.99. The number of ether oxygens (including phenoxy) is 4. The van der Waals surface area contributed by atoms with Gasteiger partial charge in [-0.15, -0.1) is 0 Å². The fourth-order valence-corrected chi connectivity index (χ4v) is 2.99. The van der Waals surface area contributed by atoms with Gasteiger partial charge < -0.3 is 24.3 Å². The van der Waals surface area contributed by atoms with Crippen LogP contribution < -0.4 is 5.32 Å². The van der Waals surface area contributed by atoms with E-state index in [1.807, 2.05) is 66.7 Å². The van der Waals surface area contributed by atoms with Gasteiger partial charge in [0.15, 0.2) is 6.04 Å². The standard InChI is InChI=1S/C27H27NO7/c29-25(33-18-22-12-6-2-7-13-22)24(28-26(30)34-19-23-14-8-3-9-15-23)20-35-27(31)32-17-16-21-10-4-1-5-11-21/h1-15,24H,16-20H2,(H,28,30). The molecule has 1 atom stereocenters. The highest BCUT2D eigenvalue weighted by atomic mass is 16.7. The monoisotopic (exact) mass is 477 g/mol. The normalized spacial score (nSPS) is 11.1. The Bertz CT molecular complexity index is 1060. The van der Waals surface area contributed by atoms with Gasteiger partial charge in [0.2, 0.25) is 0 Å². The van der Waals surface area contributed by atoms with E-state index in [0.29, 0.717) is 6.42 Å². The first-order valence-corrected chi connectivity index (χ1v) is 11.1. The van der Waals surface area contributed by atoms with E-state index in [2.05, 4.69) is 5.32 Å². The van der Waals surface area contributed by atoms with E-state index in [-0.39, 0.29) is 19.8 Å². The van der Waals surface area contributed by atoms with Crippen molar-refractivity contribution in [2.45, 2.75) is 25.7 Å². The molecule has 0 bridgehead atoms. The predicted molar refractivity (Wildman–Crippen MR) is 127 cm³/mol. The molecule has 8 heteroatoms. The average Bonchev–Trinajstić information content (AvgIpc) is 2.90. The van der Waals surface area contributed by atoms with Crippen molar-refractivity contribution in [1.82, 2.24) is 5.32 Å². The van der Waals surface area contributed by atoms with E-state index >= 15 is 0 Å². The third-order valence-electron chi connectivity index (χ3n) is 4.83. The van der Waals surface area contributed by atoms with Gasteiger partial charge in [0, 0.05) is 6.42 Å². The molecular weight excluding hydrogens is 450 g/mol. The Morgan fingerprint density at radius 2 is 1.14 bits per heavy atom. The van der Waals surface area contributed by atoms with Gasteiger partial charge >= 0.3 is 18.2 Å². The number of hydrogen-bond donors (Lipinski definition) is 1. The summed E-state index contributed by atoms with van der Waals surface area (Å²) in [5, 5.41) is 2.39. The fraction of sp³-hybridized carbons (Fsp3) is 0.222. The first kappa shape index (κ1) is 25.3. The lowest BCUT2D eigenvalue weighted by molar-refractivity contribution is -0.148. The van der Waals surface area contributed by atoms with Crippen molar-refractivity contribution in [3.8, 4) is 0 Å². The number of carbonyl (C=O) groups is 3. The Kier molecular flexibility index (Phi) is 10.2. The van der Waals surface area contributed by atoms with Crippen LogP contribution in [0.3, 0.4) is 0 Å². The molecule has 0 saturated carbocycles. The van der Waals surface area contributed by atoms with Crippen LogP contribution in [0.25, 0.3) is 0 Å². The molecule has 0 radical (unpaired) electrons. The van der Waals surface area contributed by atoms with Gasteiger partial charge in [-0.25, -0.2) is 14.4 Å². The number of esters is 1. The number of carbonyl (C=O) groups excluding carboxylic acids is 3. The van der Waals surface area contributed by atoms with Crippen LogP contribution in [0.4, 0.5) is 9.59 Å². The zero-order valence-corrected chi connectivity index (χ0v) is 19.1. The summed E-state index contributed by atoms with van der Waals surface area (Å²) in [6.07, 6.45) is -1.29. The van der Waals surface area contributed by atoms with Crippen LogP contribution in [-0.4, -0.2) is 37.5 Å². The molecule has 35 heavy (non-hydrogen) atoms. The van der Waals surface area contributed by atoms with Gasteiger partial charge in [0.25, 0.3) is 0 Å². The Hall–Kier alpha value is -4.33. The molecule has 182 valence electrons. The highest BCUT2D eigenvalue weighted by Crippen LogP contribution is 2.05.